The first kappa shape index (κ1) is 13.6. The Morgan fingerprint density at radius 2 is 2.00 bits per heavy atom. The summed E-state index contributed by atoms with van der Waals surface area (Å²) in [4.78, 5) is 12.0. The second-order valence-corrected chi connectivity index (χ2v) is 5.84. The van der Waals surface area contributed by atoms with Crippen LogP contribution in [0.25, 0.3) is 10.1 Å². The molecule has 0 spiro atoms. The van der Waals surface area contributed by atoms with E-state index in [9.17, 15) is 4.79 Å². The number of thiophene rings is 1. The van der Waals surface area contributed by atoms with E-state index in [0.29, 0.717) is 0 Å². The molecule has 0 aliphatic heterocycles. The van der Waals surface area contributed by atoms with Crippen molar-refractivity contribution in [3.63, 3.8) is 0 Å². The maximum atomic E-state index is 12.0. The molecular weight excluding hydrogens is 280 g/mol. The number of rotatable bonds is 4. The van der Waals surface area contributed by atoms with Crippen LogP contribution < -0.4 is 10.6 Å². The Balaban J connectivity index is 1.61. The van der Waals surface area contributed by atoms with Gasteiger partial charge in [0.15, 0.2) is 0 Å². The van der Waals surface area contributed by atoms with E-state index < -0.39 is 0 Å². The fraction of sp³-hybridized carbons (Fsp3) is 0.118. The molecule has 1 aromatic heterocycles. The van der Waals surface area contributed by atoms with Crippen LogP contribution >= 0.6 is 11.3 Å². The largest absolute Gasteiger partial charge is 0.376 e. The number of hydrogen-bond acceptors (Lipinski definition) is 3. The minimum atomic E-state index is -0.0466. The molecule has 0 aliphatic carbocycles. The number of nitrogens with one attached hydrogen (secondary N) is 2. The van der Waals surface area contributed by atoms with Gasteiger partial charge in [-0.25, -0.2) is 0 Å². The van der Waals surface area contributed by atoms with Gasteiger partial charge in [0.1, 0.15) is 0 Å². The van der Waals surface area contributed by atoms with Crippen LogP contribution in [0, 0.1) is 6.92 Å². The van der Waals surface area contributed by atoms with E-state index in [2.05, 4.69) is 34.2 Å². The number of fused-ring (bicyclic) bond motifs is 1. The summed E-state index contributed by atoms with van der Waals surface area (Å²) < 4.78 is 1.25. The van der Waals surface area contributed by atoms with Gasteiger partial charge in [-0.1, -0.05) is 18.2 Å². The third kappa shape index (κ3) is 3.23. The van der Waals surface area contributed by atoms with Gasteiger partial charge < -0.3 is 10.6 Å². The summed E-state index contributed by atoms with van der Waals surface area (Å²) in [6.45, 7) is 2.23. The Morgan fingerprint density at radius 1 is 1.14 bits per heavy atom. The zero-order chi connectivity index (χ0) is 14.7. The quantitative estimate of drug-likeness (QED) is 0.755. The van der Waals surface area contributed by atoms with E-state index in [1.54, 1.807) is 11.3 Å². The van der Waals surface area contributed by atoms with Gasteiger partial charge in [0.25, 0.3) is 0 Å². The molecule has 0 bridgehead atoms. The topological polar surface area (TPSA) is 41.1 Å². The molecule has 3 rings (SSSR count). The van der Waals surface area contributed by atoms with Gasteiger partial charge >= 0.3 is 0 Å². The molecule has 0 aliphatic rings. The first-order valence-electron chi connectivity index (χ1n) is 6.79. The van der Waals surface area contributed by atoms with E-state index in [4.69, 9.17) is 0 Å². The summed E-state index contributed by atoms with van der Waals surface area (Å²) in [7, 11) is 0. The minimum Gasteiger partial charge on any atom is -0.376 e. The highest BCUT2D eigenvalue weighted by Crippen LogP contribution is 2.23. The van der Waals surface area contributed by atoms with Gasteiger partial charge in [-0.2, -0.15) is 0 Å². The predicted octanol–water partition coefficient (Wildman–Crippen LogP) is 4.26. The second-order valence-electron chi connectivity index (χ2n) is 4.89. The van der Waals surface area contributed by atoms with Crippen LogP contribution in [0.15, 0.2) is 53.9 Å². The lowest BCUT2D eigenvalue weighted by atomic mass is 10.2. The number of benzene rings is 2. The molecule has 0 saturated carbocycles. The lowest BCUT2D eigenvalue weighted by Crippen LogP contribution is -2.22. The van der Waals surface area contributed by atoms with Crippen molar-refractivity contribution >= 4 is 38.7 Å². The molecule has 21 heavy (non-hydrogen) atoms. The van der Waals surface area contributed by atoms with Crippen molar-refractivity contribution in [2.75, 3.05) is 17.2 Å². The van der Waals surface area contributed by atoms with E-state index in [1.165, 1.54) is 10.1 Å². The Hall–Kier alpha value is -2.33. The molecule has 0 radical (unpaired) electrons. The van der Waals surface area contributed by atoms with Crippen molar-refractivity contribution in [2.24, 2.45) is 0 Å². The molecule has 3 nitrogen and oxygen atoms in total. The first-order valence-corrected chi connectivity index (χ1v) is 7.67. The summed E-state index contributed by atoms with van der Waals surface area (Å²) in [5, 5.41) is 9.34. The molecule has 3 aromatic rings. The Morgan fingerprint density at radius 3 is 2.86 bits per heavy atom. The van der Waals surface area contributed by atoms with Gasteiger partial charge in [-0.05, 0) is 53.6 Å². The Labute approximate surface area is 127 Å². The van der Waals surface area contributed by atoms with Crippen molar-refractivity contribution in [1.82, 2.24) is 0 Å². The zero-order valence-corrected chi connectivity index (χ0v) is 12.5. The molecule has 0 saturated heterocycles. The fourth-order valence-corrected chi connectivity index (χ4v) is 2.94. The average molecular weight is 296 g/mol. The minimum absolute atomic E-state index is 0.0466. The maximum absolute atomic E-state index is 12.0. The molecule has 4 heteroatoms. The highest BCUT2D eigenvalue weighted by Gasteiger charge is 2.04. The first-order chi connectivity index (χ1) is 10.2. The van der Waals surface area contributed by atoms with E-state index in [0.717, 1.165) is 16.9 Å². The molecule has 2 aromatic carbocycles. The molecule has 106 valence electrons. The van der Waals surface area contributed by atoms with Gasteiger partial charge in [-0.3, -0.25) is 4.79 Å². The lowest BCUT2D eigenvalue weighted by molar-refractivity contribution is -0.114. The van der Waals surface area contributed by atoms with Crippen LogP contribution in [0.2, 0.25) is 0 Å². The summed E-state index contributed by atoms with van der Waals surface area (Å²) in [5.41, 5.74) is 2.88. The van der Waals surface area contributed by atoms with Crippen molar-refractivity contribution < 1.29 is 4.79 Å². The molecule has 2 N–H and O–H groups in total. The molecule has 0 unspecified atom stereocenters. The van der Waals surface area contributed by atoms with Crippen LogP contribution in [0.4, 0.5) is 11.4 Å². The number of aryl methyl sites for hydroxylation is 1. The van der Waals surface area contributed by atoms with Crippen LogP contribution in [0.1, 0.15) is 5.56 Å². The molecule has 1 amide bonds. The van der Waals surface area contributed by atoms with Crippen molar-refractivity contribution in [1.29, 1.82) is 0 Å². The molecule has 0 fully saturated rings. The third-order valence-corrected chi connectivity index (χ3v) is 4.22. The van der Waals surface area contributed by atoms with Crippen LogP contribution in [0.3, 0.4) is 0 Å². The van der Waals surface area contributed by atoms with E-state index in [-0.39, 0.29) is 12.5 Å². The van der Waals surface area contributed by atoms with E-state index in [1.807, 2.05) is 37.3 Å². The average Bonchev–Trinajstić information content (AvgIpc) is 2.95. The van der Waals surface area contributed by atoms with Crippen molar-refractivity contribution in [2.45, 2.75) is 6.92 Å². The van der Waals surface area contributed by atoms with Gasteiger partial charge in [0.05, 0.1) is 6.54 Å². The number of carbonyl (C=O) groups is 1. The van der Waals surface area contributed by atoms with Crippen molar-refractivity contribution in [3.05, 3.63) is 59.5 Å². The number of hydrogen-bond donors (Lipinski definition) is 2. The SMILES string of the molecule is Cc1ccccc1NC(=O)CNc1ccc2sccc2c1. The normalized spacial score (nSPS) is 10.5. The number of anilines is 2. The molecule has 0 atom stereocenters. The maximum Gasteiger partial charge on any atom is 0.243 e. The van der Waals surface area contributed by atoms with Crippen LogP contribution in [-0.2, 0) is 4.79 Å². The number of carbonyl (C=O) groups excluding carboxylic acids is 1. The molecular formula is C17H16N2OS. The van der Waals surface area contributed by atoms with Gasteiger partial charge in [0.2, 0.25) is 5.91 Å². The lowest BCUT2D eigenvalue weighted by Gasteiger charge is -2.09. The van der Waals surface area contributed by atoms with Crippen LogP contribution in [-0.4, -0.2) is 12.5 Å². The molecule has 1 heterocycles. The second kappa shape index (κ2) is 5.97. The van der Waals surface area contributed by atoms with Gasteiger partial charge in [0, 0.05) is 16.1 Å². The summed E-state index contributed by atoms with van der Waals surface area (Å²) >= 11 is 1.72. The highest BCUT2D eigenvalue weighted by molar-refractivity contribution is 7.17. The van der Waals surface area contributed by atoms with Crippen molar-refractivity contribution in [3.8, 4) is 0 Å². The standard InChI is InChI=1S/C17H16N2OS/c1-12-4-2-3-5-15(12)19-17(20)11-18-14-6-7-16-13(10-14)8-9-21-16/h2-10,18H,11H2,1H3,(H,19,20). The summed E-state index contributed by atoms with van der Waals surface area (Å²) in [6.07, 6.45) is 0. The van der Waals surface area contributed by atoms with Gasteiger partial charge in [-0.15, -0.1) is 11.3 Å². The summed E-state index contributed by atoms with van der Waals surface area (Å²) in [5.74, 6) is -0.0466. The predicted molar refractivity (Wildman–Crippen MR) is 90.1 cm³/mol. The number of amides is 1. The van der Waals surface area contributed by atoms with Crippen LogP contribution in [0.5, 0.6) is 0 Å². The zero-order valence-electron chi connectivity index (χ0n) is 11.7. The fourth-order valence-electron chi connectivity index (χ4n) is 2.17. The Bertz CT molecular complexity index is 779. The highest BCUT2D eigenvalue weighted by atomic mass is 32.1. The third-order valence-electron chi connectivity index (χ3n) is 3.32. The van der Waals surface area contributed by atoms with E-state index >= 15 is 0 Å². The monoisotopic (exact) mass is 296 g/mol. The summed E-state index contributed by atoms with van der Waals surface area (Å²) in [6, 6.07) is 16.0. The number of para-hydroxylation sites is 1. The smallest absolute Gasteiger partial charge is 0.243 e. The Kier molecular flexibility index (Phi) is 3.88.